The van der Waals surface area contributed by atoms with Crippen LogP contribution in [0, 0.1) is 0 Å². The molecule has 5 nitrogen and oxygen atoms in total. The summed E-state index contributed by atoms with van der Waals surface area (Å²) in [4.78, 5) is 8.10. The third-order valence-electron chi connectivity index (χ3n) is 3.45. The van der Waals surface area contributed by atoms with Crippen molar-refractivity contribution in [3.63, 3.8) is 0 Å². The Labute approximate surface area is 152 Å². The SMILES string of the molecule is CCc1ncnc(NC(C)c2ccc(OC(F)F)c(OC(F)F)c2)c1Cl. The van der Waals surface area contributed by atoms with Crippen molar-refractivity contribution in [3.8, 4) is 11.5 Å². The second kappa shape index (κ2) is 8.88. The van der Waals surface area contributed by atoms with Crippen molar-refractivity contribution in [3.05, 3.63) is 40.8 Å². The summed E-state index contributed by atoms with van der Waals surface area (Å²) in [6.45, 7) is -2.74. The first-order chi connectivity index (χ1) is 12.3. The molecule has 1 atom stereocenters. The number of halogens is 5. The average Bonchev–Trinajstić information content (AvgIpc) is 2.57. The first-order valence-corrected chi connectivity index (χ1v) is 7.99. The van der Waals surface area contributed by atoms with Crippen LogP contribution in [-0.4, -0.2) is 23.2 Å². The topological polar surface area (TPSA) is 56.3 Å². The van der Waals surface area contributed by atoms with Crippen molar-refractivity contribution in [1.29, 1.82) is 0 Å². The summed E-state index contributed by atoms with van der Waals surface area (Å²) in [5, 5.41) is 3.38. The van der Waals surface area contributed by atoms with Gasteiger partial charge >= 0.3 is 13.2 Å². The standard InChI is InChI=1S/C16H16ClF4N3O2/c1-3-10-13(17)14(23-7-22-10)24-8(2)9-4-5-11(25-15(18)19)12(6-9)26-16(20)21/h4-8,15-16H,3H2,1-2H3,(H,22,23,24). The van der Waals surface area contributed by atoms with Crippen molar-refractivity contribution in [2.24, 2.45) is 0 Å². The van der Waals surface area contributed by atoms with Gasteiger partial charge in [0, 0.05) is 0 Å². The van der Waals surface area contributed by atoms with Gasteiger partial charge in [-0.15, -0.1) is 0 Å². The van der Waals surface area contributed by atoms with E-state index in [1.807, 2.05) is 6.92 Å². The zero-order valence-corrected chi connectivity index (χ0v) is 14.6. The van der Waals surface area contributed by atoms with Crippen LogP contribution in [0.3, 0.4) is 0 Å². The number of alkyl halides is 4. The Morgan fingerprint density at radius 3 is 2.35 bits per heavy atom. The van der Waals surface area contributed by atoms with E-state index in [4.69, 9.17) is 11.6 Å². The Balaban J connectivity index is 2.27. The van der Waals surface area contributed by atoms with Gasteiger partial charge in [0.2, 0.25) is 0 Å². The number of aryl methyl sites for hydroxylation is 1. The number of nitrogens with one attached hydrogen (secondary N) is 1. The number of hydrogen-bond acceptors (Lipinski definition) is 5. The highest BCUT2D eigenvalue weighted by Gasteiger charge is 2.18. The van der Waals surface area contributed by atoms with E-state index in [9.17, 15) is 17.6 Å². The van der Waals surface area contributed by atoms with Crippen LogP contribution in [0.5, 0.6) is 11.5 Å². The molecule has 2 aromatic rings. The molecular formula is C16H16ClF4N3O2. The van der Waals surface area contributed by atoms with Gasteiger partial charge in [0.25, 0.3) is 0 Å². The monoisotopic (exact) mass is 393 g/mol. The molecule has 10 heteroatoms. The van der Waals surface area contributed by atoms with Crippen LogP contribution in [0.25, 0.3) is 0 Å². The molecule has 1 aromatic carbocycles. The molecule has 0 aliphatic heterocycles. The van der Waals surface area contributed by atoms with Crippen molar-refractivity contribution in [2.45, 2.75) is 39.5 Å². The number of hydrogen-bond donors (Lipinski definition) is 1. The highest BCUT2D eigenvalue weighted by Crippen LogP contribution is 2.34. The van der Waals surface area contributed by atoms with Gasteiger partial charge in [0.15, 0.2) is 11.5 Å². The predicted molar refractivity (Wildman–Crippen MR) is 88.2 cm³/mol. The van der Waals surface area contributed by atoms with Crippen LogP contribution in [-0.2, 0) is 6.42 Å². The summed E-state index contributed by atoms with van der Waals surface area (Å²) in [5.41, 5.74) is 1.13. The Morgan fingerprint density at radius 2 is 1.73 bits per heavy atom. The molecule has 0 aliphatic rings. The van der Waals surface area contributed by atoms with E-state index in [0.29, 0.717) is 28.5 Å². The Morgan fingerprint density at radius 1 is 1.08 bits per heavy atom. The number of aromatic nitrogens is 2. The molecule has 0 saturated carbocycles. The lowest BCUT2D eigenvalue weighted by Crippen LogP contribution is -2.12. The quantitative estimate of drug-likeness (QED) is 0.635. The largest absolute Gasteiger partial charge is 0.431 e. The lowest BCUT2D eigenvalue weighted by atomic mass is 10.1. The van der Waals surface area contributed by atoms with E-state index >= 15 is 0 Å². The van der Waals surface area contributed by atoms with Crippen LogP contribution in [0.2, 0.25) is 5.02 Å². The molecule has 0 saturated heterocycles. The molecule has 0 spiro atoms. The molecule has 0 aliphatic carbocycles. The van der Waals surface area contributed by atoms with Gasteiger partial charge in [0.1, 0.15) is 17.2 Å². The number of anilines is 1. The van der Waals surface area contributed by atoms with Crippen molar-refractivity contribution in [1.82, 2.24) is 9.97 Å². The van der Waals surface area contributed by atoms with Crippen LogP contribution >= 0.6 is 11.6 Å². The maximum Gasteiger partial charge on any atom is 0.387 e. The summed E-state index contributed by atoms with van der Waals surface area (Å²) >= 11 is 6.21. The molecule has 0 amide bonds. The Bertz CT molecular complexity index is 749. The van der Waals surface area contributed by atoms with Gasteiger partial charge in [0.05, 0.1) is 11.7 Å². The summed E-state index contributed by atoms with van der Waals surface area (Å²) < 4.78 is 58.3. The molecule has 26 heavy (non-hydrogen) atoms. The van der Waals surface area contributed by atoms with E-state index < -0.39 is 30.8 Å². The zero-order chi connectivity index (χ0) is 19.3. The first-order valence-electron chi connectivity index (χ1n) is 7.61. The first kappa shape index (κ1) is 20.0. The maximum atomic E-state index is 12.5. The van der Waals surface area contributed by atoms with Gasteiger partial charge in [-0.1, -0.05) is 24.6 Å². The number of rotatable bonds is 8. The van der Waals surface area contributed by atoms with Gasteiger partial charge in [-0.25, -0.2) is 9.97 Å². The second-order valence-electron chi connectivity index (χ2n) is 5.17. The summed E-state index contributed by atoms with van der Waals surface area (Å²) in [7, 11) is 0. The van der Waals surface area contributed by atoms with E-state index in [-0.39, 0.29) is 0 Å². The highest BCUT2D eigenvalue weighted by molar-refractivity contribution is 6.33. The van der Waals surface area contributed by atoms with Crippen molar-refractivity contribution >= 4 is 17.4 Å². The lowest BCUT2D eigenvalue weighted by molar-refractivity contribution is -0.0692. The summed E-state index contributed by atoms with van der Waals surface area (Å²) in [6, 6.07) is 3.34. The molecule has 1 heterocycles. The minimum Gasteiger partial charge on any atom is -0.431 e. The van der Waals surface area contributed by atoms with E-state index in [1.165, 1.54) is 18.5 Å². The Kier molecular flexibility index (Phi) is 6.84. The third kappa shape index (κ3) is 5.10. The van der Waals surface area contributed by atoms with E-state index in [2.05, 4.69) is 24.8 Å². The predicted octanol–water partition coefficient (Wildman–Crippen LogP) is 5.07. The average molecular weight is 394 g/mol. The second-order valence-corrected chi connectivity index (χ2v) is 5.54. The van der Waals surface area contributed by atoms with Crippen molar-refractivity contribution < 1.29 is 27.0 Å². The number of nitrogens with zero attached hydrogens (tertiary/aromatic N) is 2. The van der Waals surface area contributed by atoms with Crippen molar-refractivity contribution in [2.75, 3.05) is 5.32 Å². The minimum absolute atomic E-state index is 0.351. The molecule has 1 aromatic heterocycles. The van der Waals surface area contributed by atoms with Gasteiger partial charge in [-0.05, 0) is 31.0 Å². The molecule has 0 bridgehead atoms. The third-order valence-corrected chi connectivity index (χ3v) is 3.85. The van der Waals surface area contributed by atoms with Crippen LogP contribution in [0.4, 0.5) is 23.4 Å². The molecule has 1 unspecified atom stereocenters. The normalized spacial score (nSPS) is 12.3. The molecule has 0 fully saturated rings. The van der Waals surface area contributed by atoms with E-state index in [0.717, 1.165) is 6.07 Å². The fraction of sp³-hybridized carbons (Fsp3) is 0.375. The minimum atomic E-state index is -3.18. The summed E-state index contributed by atoms with van der Waals surface area (Å²) in [5.74, 6) is -0.602. The maximum absolute atomic E-state index is 12.5. The van der Waals surface area contributed by atoms with Gasteiger partial charge < -0.3 is 14.8 Å². The van der Waals surface area contributed by atoms with Crippen LogP contribution < -0.4 is 14.8 Å². The number of benzene rings is 1. The van der Waals surface area contributed by atoms with Gasteiger partial charge in [-0.3, -0.25) is 0 Å². The lowest BCUT2D eigenvalue weighted by Gasteiger charge is -2.19. The zero-order valence-electron chi connectivity index (χ0n) is 13.8. The molecule has 2 rings (SSSR count). The number of ether oxygens (including phenoxy) is 2. The molecule has 1 N–H and O–H groups in total. The van der Waals surface area contributed by atoms with Gasteiger partial charge in [-0.2, -0.15) is 17.6 Å². The molecule has 0 radical (unpaired) electrons. The highest BCUT2D eigenvalue weighted by atomic mass is 35.5. The fourth-order valence-corrected chi connectivity index (χ4v) is 2.50. The van der Waals surface area contributed by atoms with Crippen LogP contribution in [0.1, 0.15) is 31.1 Å². The smallest absolute Gasteiger partial charge is 0.387 e. The molecular weight excluding hydrogens is 378 g/mol. The van der Waals surface area contributed by atoms with E-state index in [1.54, 1.807) is 6.92 Å². The summed E-state index contributed by atoms with van der Waals surface area (Å²) in [6.07, 6.45) is 1.96. The Hall–Kier alpha value is -2.29. The molecule has 142 valence electrons. The van der Waals surface area contributed by atoms with Crippen LogP contribution in [0.15, 0.2) is 24.5 Å². The fourth-order valence-electron chi connectivity index (χ4n) is 2.22.